The smallest absolute Gasteiger partial charge is 0.0893 e. The van der Waals surface area contributed by atoms with Crippen LogP contribution in [0.3, 0.4) is 0 Å². The monoisotopic (exact) mass is 154 g/mol. The first-order valence-electron chi connectivity index (χ1n) is 4.38. The van der Waals surface area contributed by atoms with Crippen LogP contribution >= 0.6 is 0 Å². The molecule has 0 amide bonds. The molecule has 0 aliphatic carbocycles. The normalized spacial score (nSPS) is 17.1. The average molecular weight is 154 g/mol. The lowest BCUT2D eigenvalue weighted by molar-refractivity contribution is 0.253. The van der Waals surface area contributed by atoms with Gasteiger partial charge in [-0.2, -0.15) is 0 Å². The highest BCUT2D eigenvalue weighted by molar-refractivity contribution is 4.89. The van der Waals surface area contributed by atoms with E-state index in [-0.39, 0.29) is 0 Å². The molecular weight excluding hydrogens is 136 g/mol. The molecule has 2 nitrogen and oxygen atoms in total. The largest absolute Gasteiger partial charge is 0.359 e. The van der Waals surface area contributed by atoms with E-state index in [1.165, 1.54) is 6.54 Å². The first kappa shape index (κ1) is 8.44. The maximum Gasteiger partial charge on any atom is 0.0893 e. The van der Waals surface area contributed by atoms with Crippen LogP contribution < -0.4 is 0 Å². The Morgan fingerprint density at radius 1 is 1.27 bits per heavy atom. The third-order valence-corrected chi connectivity index (χ3v) is 1.86. The van der Waals surface area contributed by atoms with Gasteiger partial charge in [0.1, 0.15) is 0 Å². The maximum atomic E-state index is 2.36. The van der Waals surface area contributed by atoms with E-state index in [0.717, 1.165) is 19.1 Å². The highest BCUT2D eigenvalue weighted by atomic mass is 15.3. The summed E-state index contributed by atoms with van der Waals surface area (Å²) in [7, 11) is 0. The van der Waals surface area contributed by atoms with Gasteiger partial charge in [0, 0.05) is 25.5 Å². The van der Waals surface area contributed by atoms with Gasteiger partial charge in [0.05, 0.1) is 6.67 Å². The summed E-state index contributed by atoms with van der Waals surface area (Å²) in [5, 5.41) is 0. The van der Waals surface area contributed by atoms with E-state index in [1.807, 2.05) is 0 Å². The van der Waals surface area contributed by atoms with E-state index >= 15 is 0 Å². The fraction of sp³-hybridized carbons (Fsp3) is 0.778. The first-order chi connectivity index (χ1) is 5.22. The van der Waals surface area contributed by atoms with Gasteiger partial charge in [-0.25, -0.2) is 0 Å². The Kier molecular flexibility index (Phi) is 2.80. The molecule has 0 spiro atoms. The molecular formula is C9H18N2. The van der Waals surface area contributed by atoms with Gasteiger partial charge < -0.3 is 9.80 Å². The van der Waals surface area contributed by atoms with Crippen LogP contribution in [0.25, 0.3) is 0 Å². The SMILES string of the molecule is CCN1C=CN(CC(C)C)C1. The second-order valence-corrected chi connectivity index (χ2v) is 3.51. The van der Waals surface area contributed by atoms with Crippen molar-refractivity contribution in [3.8, 4) is 0 Å². The van der Waals surface area contributed by atoms with Crippen molar-refractivity contribution in [1.82, 2.24) is 9.80 Å². The van der Waals surface area contributed by atoms with E-state index < -0.39 is 0 Å². The van der Waals surface area contributed by atoms with Crippen molar-refractivity contribution >= 4 is 0 Å². The molecule has 11 heavy (non-hydrogen) atoms. The van der Waals surface area contributed by atoms with Crippen LogP contribution in [0.4, 0.5) is 0 Å². The molecule has 2 heteroatoms. The Balaban J connectivity index is 2.26. The molecule has 0 aromatic rings. The first-order valence-corrected chi connectivity index (χ1v) is 4.38. The van der Waals surface area contributed by atoms with Gasteiger partial charge >= 0.3 is 0 Å². The van der Waals surface area contributed by atoms with Crippen molar-refractivity contribution in [3.05, 3.63) is 12.4 Å². The lowest BCUT2D eigenvalue weighted by Gasteiger charge is -2.21. The van der Waals surface area contributed by atoms with Crippen molar-refractivity contribution in [2.45, 2.75) is 20.8 Å². The Bertz CT molecular complexity index is 140. The topological polar surface area (TPSA) is 6.48 Å². The van der Waals surface area contributed by atoms with Crippen LogP contribution in [-0.4, -0.2) is 29.6 Å². The van der Waals surface area contributed by atoms with Crippen LogP contribution in [0.1, 0.15) is 20.8 Å². The summed E-state index contributed by atoms with van der Waals surface area (Å²) in [5.74, 6) is 0.761. The van der Waals surface area contributed by atoms with E-state index in [9.17, 15) is 0 Å². The zero-order valence-electron chi connectivity index (χ0n) is 7.75. The molecule has 0 saturated heterocycles. The molecule has 0 radical (unpaired) electrons. The highest BCUT2D eigenvalue weighted by Gasteiger charge is 2.10. The number of rotatable bonds is 3. The molecule has 0 bridgehead atoms. The molecule has 1 heterocycles. The van der Waals surface area contributed by atoms with Crippen LogP contribution in [0.15, 0.2) is 12.4 Å². The summed E-state index contributed by atoms with van der Waals surface area (Å²) in [4.78, 5) is 4.66. The van der Waals surface area contributed by atoms with Gasteiger partial charge in [-0.3, -0.25) is 0 Å². The second kappa shape index (κ2) is 3.65. The van der Waals surface area contributed by atoms with E-state index in [0.29, 0.717) is 0 Å². The summed E-state index contributed by atoms with van der Waals surface area (Å²) < 4.78 is 0. The summed E-state index contributed by atoms with van der Waals surface area (Å²) >= 11 is 0. The summed E-state index contributed by atoms with van der Waals surface area (Å²) in [6.45, 7) is 10.1. The fourth-order valence-corrected chi connectivity index (χ4v) is 1.31. The number of hydrogen-bond donors (Lipinski definition) is 0. The molecule has 1 aliphatic heterocycles. The summed E-state index contributed by atoms with van der Waals surface area (Å²) in [6.07, 6.45) is 4.35. The molecule has 0 atom stereocenters. The van der Waals surface area contributed by atoms with Crippen molar-refractivity contribution in [2.24, 2.45) is 5.92 Å². The molecule has 0 fully saturated rings. The number of nitrogens with zero attached hydrogens (tertiary/aromatic N) is 2. The standard InChI is InChI=1S/C9H18N2/c1-4-10-5-6-11(8-10)7-9(2)3/h5-6,9H,4,7-8H2,1-3H3. The minimum Gasteiger partial charge on any atom is -0.359 e. The van der Waals surface area contributed by atoms with Gasteiger partial charge in [0.2, 0.25) is 0 Å². The van der Waals surface area contributed by atoms with Crippen LogP contribution in [-0.2, 0) is 0 Å². The molecule has 1 aliphatic rings. The Labute approximate surface area is 69.5 Å². The van der Waals surface area contributed by atoms with Crippen LogP contribution in [0.2, 0.25) is 0 Å². The predicted molar refractivity (Wildman–Crippen MR) is 47.9 cm³/mol. The third kappa shape index (κ3) is 2.45. The Hall–Kier alpha value is -0.660. The van der Waals surface area contributed by atoms with Crippen molar-refractivity contribution in [2.75, 3.05) is 19.8 Å². The second-order valence-electron chi connectivity index (χ2n) is 3.51. The quantitative estimate of drug-likeness (QED) is 0.610. The highest BCUT2D eigenvalue weighted by Crippen LogP contribution is 2.07. The van der Waals surface area contributed by atoms with Gasteiger partial charge in [0.15, 0.2) is 0 Å². The summed E-state index contributed by atoms with van der Waals surface area (Å²) in [6, 6.07) is 0. The maximum absolute atomic E-state index is 2.36. The fourth-order valence-electron chi connectivity index (χ4n) is 1.31. The molecule has 1 rings (SSSR count). The van der Waals surface area contributed by atoms with E-state index in [4.69, 9.17) is 0 Å². The van der Waals surface area contributed by atoms with E-state index in [1.54, 1.807) is 0 Å². The molecule has 64 valence electrons. The van der Waals surface area contributed by atoms with Gasteiger partial charge in [-0.15, -0.1) is 0 Å². The zero-order valence-corrected chi connectivity index (χ0v) is 7.75. The molecule has 0 unspecified atom stereocenters. The van der Waals surface area contributed by atoms with Gasteiger partial charge in [-0.1, -0.05) is 13.8 Å². The lowest BCUT2D eigenvalue weighted by Crippen LogP contribution is -2.27. The summed E-state index contributed by atoms with van der Waals surface area (Å²) in [5.41, 5.74) is 0. The predicted octanol–water partition coefficient (Wildman–Crippen LogP) is 1.71. The van der Waals surface area contributed by atoms with Crippen molar-refractivity contribution in [3.63, 3.8) is 0 Å². The van der Waals surface area contributed by atoms with Crippen molar-refractivity contribution < 1.29 is 0 Å². The minimum absolute atomic E-state index is 0.761. The molecule has 0 aromatic carbocycles. The average Bonchev–Trinajstić information content (AvgIpc) is 2.34. The molecule has 0 N–H and O–H groups in total. The van der Waals surface area contributed by atoms with Crippen LogP contribution in [0, 0.1) is 5.92 Å². The van der Waals surface area contributed by atoms with Gasteiger partial charge in [-0.05, 0) is 12.8 Å². The lowest BCUT2D eigenvalue weighted by atomic mass is 10.2. The van der Waals surface area contributed by atoms with Crippen LogP contribution in [0.5, 0.6) is 0 Å². The minimum atomic E-state index is 0.761. The zero-order chi connectivity index (χ0) is 8.27. The number of hydrogen-bond acceptors (Lipinski definition) is 2. The van der Waals surface area contributed by atoms with Crippen molar-refractivity contribution in [1.29, 1.82) is 0 Å². The Morgan fingerprint density at radius 3 is 2.36 bits per heavy atom. The Morgan fingerprint density at radius 2 is 1.91 bits per heavy atom. The molecule has 0 saturated carbocycles. The van der Waals surface area contributed by atoms with Gasteiger partial charge in [0.25, 0.3) is 0 Å². The van der Waals surface area contributed by atoms with E-state index in [2.05, 4.69) is 43.0 Å². The molecule has 0 aromatic heterocycles. The third-order valence-electron chi connectivity index (χ3n) is 1.86.